The molecule has 36 heavy (non-hydrogen) atoms. The average molecular weight is 495 g/mol. The van der Waals surface area contributed by atoms with Crippen molar-refractivity contribution in [3.63, 3.8) is 0 Å². The molecule has 2 heterocycles. The Labute approximate surface area is 211 Å². The van der Waals surface area contributed by atoms with Gasteiger partial charge in [-0.25, -0.2) is 4.79 Å². The number of likely N-dealkylation sites (N-methyl/N-ethyl adjacent to an activating group) is 1. The van der Waals surface area contributed by atoms with E-state index in [2.05, 4.69) is 15.5 Å². The van der Waals surface area contributed by atoms with Crippen LogP contribution in [0, 0.1) is 0 Å². The fourth-order valence-electron chi connectivity index (χ4n) is 3.96. The van der Waals surface area contributed by atoms with Crippen molar-refractivity contribution in [3.05, 3.63) is 53.7 Å². The summed E-state index contributed by atoms with van der Waals surface area (Å²) in [6.07, 6.45) is 5.28. The van der Waals surface area contributed by atoms with Crippen LogP contribution in [-0.2, 0) is 9.59 Å². The molecule has 0 bridgehead atoms. The number of H-pyrrole nitrogens is 1. The number of nitrogens with zero attached hydrogens (tertiary/aromatic N) is 4. The summed E-state index contributed by atoms with van der Waals surface area (Å²) in [5, 5.41) is 10.0. The fraction of sp³-hybridized carbons (Fsp3) is 0.462. The van der Waals surface area contributed by atoms with Gasteiger partial charge in [-0.1, -0.05) is 18.2 Å². The Kier molecular flexibility index (Phi) is 8.04. The molecule has 10 nitrogen and oxygen atoms in total. The van der Waals surface area contributed by atoms with Gasteiger partial charge in [-0.05, 0) is 51.6 Å². The molecule has 0 spiro atoms. The third-order valence-electron chi connectivity index (χ3n) is 6.43. The van der Waals surface area contributed by atoms with Crippen molar-refractivity contribution in [1.82, 2.24) is 24.9 Å². The van der Waals surface area contributed by atoms with Crippen LogP contribution in [-0.4, -0.2) is 89.6 Å². The van der Waals surface area contributed by atoms with Crippen molar-refractivity contribution in [2.45, 2.75) is 31.6 Å². The maximum atomic E-state index is 12.6. The van der Waals surface area contributed by atoms with Gasteiger partial charge in [-0.3, -0.25) is 14.7 Å². The first-order chi connectivity index (χ1) is 17.3. The van der Waals surface area contributed by atoms with E-state index in [1.54, 1.807) is 40.1 Å². The molecule has 1 saturated carbocycles. The summed E-state index contributed by atoms with van der Waals surface area (Å²) in [6, 6.07) is 8.83. The second-order valence-electron chi connectivity index (χ2n) is 9.61. The van der Waals surface area contributed by atoms with E-state index >= 15 is 0 Å². The number of nitrogens with one attached hydrogen (secondary N) is 2. The zero-order chi connectivity index (χ0) is 25.7. The number of amides is 3. The van der Waals surface area contributed by atoms with Crippen LogP contribution >= 0.6 is 0 Å². The molecular formula is C26H34N6O4. The molecular weight excluding hydrogens is 460 g/mol. The number of ether oxygens (including phenoxy) is 1. The molecule has 1 saturated heterocycles. The van der Waals surface area contributed by atoms with E-state index in [-0.39, 0.29) is 11.8 Å². The lowest BCUT2D eigenvalue weighted by atomic mass is 10.0. The summed E-state index contributed by atoms with van der Waals surface area (Å²) in [6.45, 7) is 4.27. The van der Waals surface area contributed by atoms with Gasteiger partial charge in [-0.2, -0.15) is 5.10 Å². The van der Waals surface area contributed by atoms with Crippen molar-refractivity contribution in [2.24, 2.45) is 0 Å². The van der Waals surface area contributed by atoms with Crippen LogP contribution in [0.1, 0.15) is 42.9 Å². The second-order valence-corrected chi connectivity index (χ2v) is 9.61. The van der Waals surface area contributed by atoms with Gasteiger partial charge in [0, 0.05) is 56.5 Å². The number of anilines is 1. The van der Waals surface area contributed by atoms with Gasteiger partial charge in [0.25, 0.3) is 0 Å². The van der Waals surface area contributed by atoms with Gasteiger partial charge in [0.15, 0.2) is 5.82 Å². The minimum atomic E-state index is -0.450. The van der Waals surface area contributed by atoms with E-state index in [1.807, 2.05) is 38.1 Å². The number of piperazine rings is 1. The number of aromatic amines is 1. The van der Waals surface area contributed by atoms with E-state index in [9.17, 15) is 14.4 Å². The van der Waals surface area contributed by atoms with Crippen LogP contribution < -0.4 is 10.1 Å². The predicted octanol–water partition coefficient (Wildman–Crippen LogP) is 2.79. The highest BCUT2D eigenvalue weighted by Gasteiger charge is 2.27. The Morgan fingerprint density at radius 2 is 1.81 bits per heavy atom. The van der Waals surface area contributed by atoms with E-state index in [4.69, 9.17) is 4.74 Å². The Balaban J connectivity index is 1.23. The van der Waals surface area contributed by atoms with E-state index in [1.165, 1.54) is 0 Å². The third-order valence-corrected chi connectivity index (χ3v) is 6.43. The molecule has 2 aromatic rings. The number of carbonyl (C=O) groups is 3. The van der Waals surface area contributed by atoms with E-state index in [0.717, 1.165) is 24.1 Å². The van der Waals surface area contributed by atoms with Crippen molar-refractivity contribution >= 4 is 23.7 Å². The van der Waals surface area contributed by atoms with Gasteiger partial charge < -0.3 is 24.8 Å². The van der Waals surface area contributed by atoms with Crippen LogP contribution in [0.4, 0.5) is 10.6 Å². The highest BCUT2D eigenvalue weighted by atomic mass is 16.6. The van der Waals surface area contributed by atoms with Crippen molar-refractivity contribution < 1.29 is 19.1 Å². The molecule has 1 aliphatic heterocycles. The molecule has 1 atom stereocenters. The van der Waals surface area contributed by atoms with Gasteiger partial charge in [0.2, 0.25) is 11.8 Å². The SMILES string of the molecule is CC(C(=O)Nc1cc(C2CC2)[nH]n1)c1ccc(OC(=O)N2CCN(C(=O)C=CCN(C)C)CC2)cc1. The largest absolute Gasteiger partial charge is 0.415 e. The van der Waals surface area contributed by atoms with Crippen molar-refractivity contribution in [1.29, 1.82) is 0 Å². The Hall–Kier alpha value is -3.66. The van der Waals surface area contributed by atoms with E-state index < -0.39 is 12.0 Å². The molecule has 4 rings (SSSR count). The molecule has 0 radical (unpaired) electrons. The first-order valence-electron chi connectivity index (χ1n) is 12.3. The zero-order valence-corrected chi connectivity index (χ0v) is 21.1. The zero-order valence-electron chi connectivity index (χ0n) is 21.1. The van der Waals surface area contributed by atoms with Crippen LogP contribution in [0.25, 0.3) is 0 Å². The van der Waals surface area contributed by atoms with Gasteiger partial charge in [0.1, 0.15) is 5.75 Å². The van der Waals surface area contributed by atoms with Gasteiger partial charge in [-0.15, -0.1) is 0 Å². The van der Waals surface area contributed by atoms with Crippen LogP contribution in [0.15, 0.2) is 42.5 Å². The van der Waals surface area contributed by atoms with Crippen molar-refractivity contribution in [3.8, 4) is 5.75 Å². The summed E-state index contributed by atoms with van der Waals surface area (Å²) in [5.41, 5.74) is 1.87. The summed E-state index contributed by atoms with van der Waals surface area (Å²) >= 11 is 0. The summed E-state index contributed by atoms with van der Waals surface area (Å²) in [4.78, 5) is 42.8. The molecule has 1 unspecified atom stereocenters. The molecule has 1 aromatic carbocycles. The quantitative estimate of drug-likeness (QED) is 0.546. The predicted molar refractivity (Wildman–Crippen MR) is 136 cm³/mol. The lowest BCUT2D eigenvalue weighted by Crippen LogP contribution is -2.51. The molecule has 2 N–H and O–H groups in total. The number of hydrogen-bond acceptors (Lipinski definition) is 6. The number of aromatic nitrogens is 2. The first kappa shape index (κ1) is 25.4. The number of rotatable bonds is 8. The number of carbonyl (C=O) groups excluding carboxylic acids is 3. The summed E-state index contributed by atoms with van der Waals surface area (Å²) in [7, 11) is 3.88. The fourth-order valence-corrected chi connectivity index (χ4v) is 3.96. The molecule has 1 aromatic heterocycles. The molecule has 2 fully saturated rings. The molecule has 1 aliphatic carbocycles. The minimum Gasteiger partial charge on any atom is -0.410 e. The number of benzene rings is 1. The smallest absolute Gasteiger partial charge is 0.410 e. The molecule has 10 heteroatoms. The summed E-state index contributed by atoms with van der Waals surface area (Å²) in [5.74, 6) is 0.881. The maximum absolute atomic E-state index is 12.6. The highest BCUT2D eigenvalue weighted by molar-refractivity contribution is 5.94. The highest BCUT2D eigenvalue weighted by Crippen LogP contribution is 2.39. The Morgan fingerprint density at radius 1 is 1.14 bits per heavy atom. The van der Waals surface area contributed by atoms with Crippen molar-refractivity contribution in [2.75, 3.05) is 52.1 Å². The Bertz CT molecular complexity index is 1100. The average Bonchev–Trinajstić information content (AvgIpc) is 3.62. The second kappa shape index (κ2) is 11.4. The van der Waals surface area contributed by atoms with E-state index in [0.29, 0.717) is 50.2 Å². The topological polar surface area (TPSA) is 111 Å². The van der Waals surface area contributed by atoms with Crippen LogP contribution in [0.5, 0.6) is 5.75 Å². The lowest BCUT2D eigenvalue weighted by molar-refractivity contribution is -0.127. The number of hydrogen-bond donors (Lipinski definition) is 2. The maximum Gasteiger partial charge on any atom is 0.415 e. The van der Waals surface area contributed by atoms with Crippen LogP contribution in [0.3, 0.4) is 0 Å². The first-order valence-corrected chi connectivity index (χ1v) is 12.3. The molecule has 192 valence electrons. The van der Waals surface area contributed by atoms with Gasteiger partial charge >= 0.3 is 6.09 Å². The monoisotopic (exact) mass is 494 g/mol. The lowest BCUT2D eigenvalue weighted by Gasteiger charge is -2.33. The molecule has 2 aliphatic rings. The normalized spacial score (nSPS) is 16.9. The standard InChI is InChI=1S/C26H34N6O4/c1-18(25(34)27-23-17-22(28-29-23)20-6-7-20)19-8-10-21(11-9-19)36-26(35)32-15-13-31(14-16-32)24(33)5-4-12-30(2)3/h4-5,8-11,17-18,20H,6-7,12-16H2,1-3H3,(H2,27,28,29,34). The van der Waals surface area contributed by atoms with Crippen LogP contribution in [0.2, 0.25) is 0 Å². The van der Waals surface area contributed by atoms with Gasteiger partial charge in [0.05, 0.1) is 5.92 Å². The third kappa shape index (κ3) is 6.72. The minimum absolute atomic E-state index is 0.0470. The molecule has 3 amide bonds. The summed E-state index contributed by atoms with van der Waals surface area (Å²) < 4.78 is 5.51. The Morgan fingerprint density at radius 3 is 2.44 bits per heavy atom.